The van der Waals surface area contributed by atoms with Gasteiger partial charge in [-0.3, -0.25) is 15.5 Å². The molecule has 0 amide bonds. The molecule has 0 bridgehead atoms. The average Bonchev–Trinajstić information content (AvgIpc) is 2.40. The van der Waals surface area contributed by atoms with Gasteiger partial charge in [-0.1, -0.05) is 0 Å². The lowest BCUT2D eigenvalue weighted by Crippen LogP contribution is -2.15. The number of benzene rings is 1. The molecule has 0 unspecified atom stereocenters. The number of non-ortho nitro benzene ring substituents is 1. The van der Waals surface area contributed by atoms with E-state index in [1.807, 2.05) is 0 Å². The Bertz CT molecular complexity index is 728. The zero-order valence-corrected chi connectivity index (χ0v) is 11.6. The van der Waals surface area contributed by atoms with Crippen LogP contribution in [0, 0.1) is 29.4 Å². The molecule has 0 spiro atoms. The van der Waals surface area contributed by atoms with Crippen LogP contribution >= 0.6 is 0 Å². The molecular weight excluding hydrogens is 272 g/mol. The van der Waals surface area contributed by atoms with Gasteiger partial charge in [-0.2, -0.15) is 0 Å². The van der Waals surface area contributed by atoms with Crippen molar-refractivity contribution in [3.8, 4) is 11.6 Å². The first kappa shape index (κ1) is 14.4. The third-order valence-electron chi connectivity index (χ3n) is 2.97. The number of aryl methyl sites for hydroxylation is 2. The Kier molecular flexibility index (Phi) is 3.84. The van der Waals surface area contributed by atoms with Gasteiger partial charge in [-0.05, 0) is 37.1 Å². The molecule has 1 aromatic carbocycles. The number of rotatable bonds is 4. The zero-order chi connectivity index (χ0) is 15.6. The van der Waals surface area contributed by atoms with E-state index in [0.717, 1.165) is 5.56 Å². The molecule has 0 saturated heterocycles. The minimum Gasteiger partial charge on any atom is -0.438 e. The highest BCUT2D eigenvalue weighted by atomic mass is 16.6. The Morgan fingerprint density at radius 3 is 2.62 bits per heavy atom. The van der Waals surface area contributed by atoms with E-state index in [0.29, 0.717) is 16.9 Å². The number of hydrogen-bond acceptors (Lipinski definition) is 5. The first-order chi connectivity index (χ1) is 9.90. The minimum absolute atomic E-state index is 0.0103. The number of nitro benzene ring substituents is 1. The topological polar surface area (TPSA) is 115 Å². The smallest absolute Gasteiger partial charge is 0.269 e. The summed E-state index contributed by atoms with van der Waals surface area (Å²) < 4.78 is 5.66. The molecule has 21 heavy (non-hydrogen) atoms. The molecule has 0 aliphatic heterocycles. The van der Waals surface area contributed by atoms with Gasteiger partial charge in [0.05, 0.1) is 10.5 Å². The summed E-state index contributed by atoms with van der Waals surface area (Å²) in [6, 6.07) is 6.00. The fraction of sp³-hybridized carbons (Fsp3) is 0.143. The van der Waals surface area contributed by atoms with Crippen molar-refractivity contribution in [1.82, 2.24) is 4.98 Å². The molecule has 2 aromatic rings. The van der Waals surface area contributed by atoms with Gasteiger partial charge in [0, 0.05) is 18.3 Å². The van der Waals surface area contributed by atoms with Crippen molar-refractivity contribution < 1.29 is 9.66 Å². The van der Waals surface area contributed by atoms with Gasteiger partial charge in [0.15, 0.2) is 0 Å². The molecule has 2 rings (SSSR count). The normalized spacial score (nSPS) is 10.2. The molecule has 0 aliphatic rings. The van der Waals surface area contributed by atoms with Crippen LogP contribution in [0.4, 0.5) is 5.69 Å². The summed E-state index contributed by atoms with van der Waals surface area (Å²) in [5.41, 5.74) is 7.32. The van der Waals surface area contributed by atoms with Crippen LogP contribution in [-0.2, 0) is 0 Å². The van der Waals surface area contributed by atoms with Crippen molar-refractivity contribution in [2.75, 3.05) is 0 Å². The first-order valence-electron chi connectivity index (χ1n) is 6.13. The number of hydrogen-bond donors (Lipinski definition) is 2. The first-order valence-corrected chi connectivity index (χ1v) is 6.13. The third-order valence-corrected chi connectivity index (χ3v) is 2.97. The number of amidine groups is 1. The van der Waals surface area contributed by atoms with Crippen LogP contribution in [0.5, 0.6) is 11.6 Å². The second-order valence-electron chi connectivity index (χ2n) is 4.53. The van der Waals surface area contributed by atoms with Crippen molar-refractivity contribution in [2.45, 2.75) is 13.8 Å². The van der Waals surface area contributed by atoms with Crippen LogP contribution in [0.1, 0.15) is 16.7 Å². The number of nitrogens with two attached hydrogens (primary N) is 1. The molecule has 0 fully saturated rings. The lowest BCUT2D eigenvalue weighted by atomic mass is 10.1. The summed E-state index contributed by atoms with van der Waals surface area (Å²) >= 11 is 0. The molecule has 108 valence electrons. The minimum atomic E-state index is -0.470. The van der Waals surface area contributed by atoms with E-state index in [1.54, 1.807) is 26.1 Å². The zero-order valence-electron chi connectivity index (χ0n) is 11.6. The maximum atomic E-state index is 10.7. The molecular formula is C14H14N4O3. The molecule has 0 saturated carbocycles. The van der Waals surface area contributed by atoms with Crippen LogP contribution in [0.15, 0.2) is 30.5 Å². The molecule has 7 heteroatoms. The van der Waals surface area contributed by atoms with Crippen molar-refractivity contribution >= 4 is 11.5 Å². The summed E-state index contributed by atoms with van der Waals surface area (Å²) in [4.78, 5) is 14.3. The molecule has 1 aromatic heterocycles. The average molecular weight is 286 g/mol. The summed E-state index contributed by atoms with van der Waals surface area (Å²) in [6.07, 6.45) is 1.55. The van der Waals surface area contributed by atoms with Gasteiger partial charge in [-0.15, -0.1) is 0 Å². The van der Waals surface area contributed by atoms with Crippen molar-refractivity contribution in [1.29, 1.82) is 5.41 Å². The van der Waals surface area contributed by atoms with Gasteiger partial charge in [0.1, 0.15) is 11.6 Å². The predicted molar refractivity (Wildman–Crippen MR) is 77.9 cm³/mol. The van der Waals surface area contributed by atoms with Crippen molar-refractivity contribution in [3.05, 3.63) is 57.3 Å². The quantitative estimate of drug-likeness (QED) is 0.388. The molecule has 0 aliphatic carbocycles. The highest BCUT2D eigenvalue weighted by molar-refractivity contribution is 5.98. The van der Waals surface area contributed by atoms with Gasteiger partial charge in [-0.25, -0.2) is 4.98 Å². The van der Waals surface area contributed by atoms with Crippen LogP contribution in [0.2, 0.25) is 0 Å². The Morgan fingerprint density at radius 2 is 2.05 bits per heavy atom. The SMILES string of the molecule is Cc1cc([N+](=O)[O-])ccc1Oc1nccc(C)c1C(=N)N. The highest BCUT2D eigenvalue weighted by Gasteiger charge is 2.15. The Balaban J connectivity index is 2.42. The van der Waals surface area contributed by atoms with E-state index in [-0.39, 0.29) is 17.4 Å². The maximum Gasteiger partial charge on any atom is 0.269 e. The largest absolute Gasteiger partial charge is 0.438 e. The van der Waals surface area contributed by atoms with Crippen molar-refractivity contribution in [3.63, 3.8) is 0 Å². The molecule has 7 nitrogen and oxygen atoms in total. The number of pyridine rings is 1. The van der Waals surface area contributed by atoms with E-state index in [4.69, 9.17) is 15.9 Å². The summed E-state index contributed by atoms with van der Waals surface area (Å²) in [5.74, 6) is 0.496. The summed E-state index contributed by atoms with van der Waals surface area (Å²) in [7, 11) is 0. The van der Waals surface area contributed by atoms with Gasteiger partial charge < -0.3 is 10.5 Å². The number of nitrogens with one attached hydrogen (secondary N) is 1. The summed E-state index contributed by atoms with van der Waals surface area (Å²) in [6.45, 7) is 3.50. The predicted octanol–water partition coefficient (Wildman–Crippen LogP) is 2.68. The summed E-state index contributed by atoms with van der Waals surface area (Å²) in [5, 5.41) is 18.3. The number of nitro groups is 1. The van der Waals surface area contributed by atoms with Crippen LogP contribution in [-0.4, -0.2) is 15.7 Å². The number of nitrogen functional groups attached to an aromatic ring is 1. The Hall–Kier alpha value is -2.96. The molecule has 1 heterocycles. The molecule has 0 radical (unpaired) electrons. The molecule has 3 N–H and O–H groups in total. The number of aromatic nitrogens is 1. The van der Waals surface area contributed by atoms with E-state index >= 15 is 0 Å². The Labute approximate surface area is 121 Å². The maximum absolute atomic E-state index is 10.7. The van der Waals surface area contributed by atoms with E-state index in [2.05, 4.69) is 4.98 Å². The molecule has 0 atom stereocenters. The van der Waals surface area contributed by atoms with E-state index < -0.39 is 4.92 Å². The van der Waals surface area contributed by atoms with E-state index in [1.165, 1.54) is 18.2 Å². The lowest BCUT2D eigenvalue weighted by Gasteiger charge is -2.12. The highest BCUT2D eigenvalue weighted by Crippen LogP contribution is 2.29. The monoisotopic (exact) mass is 286 g/mol. The van der Waals surface area contributed by atoms with E-state index in [9.17, 15) is 10.1 Å². The van der Waals surface area contributed by atoms with Gasteiger partial charge >= 0.3 is 0 Å². The Morgan fingerprint density at radius 1 is 1.33 bits per heavy atom. The standard InChI is InChI=1S/C14H14N4O3/c1-8-5-6-17-14(12(8)13(15)16)21-11-4-3-10(18(19)20)7-9(11)2/h3-7H,1-2H3,(H3,15,16). The van der Waals surface area contributed by atoms with Crippen LogP contribution in [0.3, 0.4) is 0 Å². The fourth-order valence-corrected chi connectivity index (χ4v) is 1.90. The van der Waals surface area contributed by atoms with Crippen molar-refractivity contribution in [2.24, 2.45) is 5.73 Å². The third kappa shape index (κ3) is 2.97. The second kappa shape index (κ2) is 5.58. The van der Waals surface area contributed by atoms with Gasteiger partial charge in [0.2, 0.25) is 5.88 Å². The fourth-order valence-electron chi connectivity index (χ4n) is 1.90. The van der Waals surface area contributed by atoms with Crippen LogP contribution < -0.4 is 10.5 Å². The number of ether oxygens (including phenoxy) is 1. The number of nitrogens with zero attached hydrogens (tertiary/aromatic N) is 2. The lowest BCUT2D eigenvalue weighted by molar-refractivity contribution is -0.384. The van der Waals surface area contributed by atoms with Crippen LogP contribution in [0.25, 0.3) is 0 Å². The second-order valence-corrected chi connectivity index (χ2v) is 4.53. The van der Waals surface area contributed by atoms with Gasteiger partial charge in [0.25, 0.3) is 5.69 Å².